The lowest BCUT2D eigenvalue weighted by Crippen LogP contribution is -2.51. The maximum atomic E-state index is 6.51. The van der Waals surface area contributed by atoms with Crippen molar-refractivity contribution in [2.75, 3.05) is 50.5 Å². The molecule has 0 bridgehead atoms. The Morgan fingerprint density at radius 1 is 1.12 bits per heavy atom. The second-order valence-corrected chi connectivity index (χ2v) is 9.76. The maximum Gasteiger partial charge on any atom is 0.144 e. The van der Waals surface area contributed by atoms with Gasteiger partial charge in [-0.2, -0.15) is 10.2 Å². The molecule has 1 fully saturated rings. The lowest BCUT2D eigenvalue weighted by atomic mass is 10.1. The molecule has 10 nitrogen and oxygen atoms in total. The highest BCUT2D eigenvalue weighted by atomic mass is 35.5. The van der Waals surface area contributed by atoms with Gasteiger partial charge in [-0.15, -0.1) is 6.58 Å². The van der Waals surface area contributed by atoms with Crippen molar-refractivity contribution < 1.29 is 14.2 Å². The molecule has 1 aliphatic rings. The summed E-state index contributed by atoms with van der Waals surface area (Å²) in [4.78, 5) is 11.3. The molecule has 4 aromatic rings. The summed E-state index contributed by atoms with van der Waals surface area (Å²) < 4.78 is 17.3. The topological polar surface area (TPSA) is 107 Å². The van der Waals surface area contributed by atoms with Crippen LogP contribution in [0.2, 0.25) is 5.02 Å². The van der Waals surface area contributed by atoms with Crippen LogP contribution in [0.5, 0.6) is 11.5 Å². The molecule has 0 saturated carbocycles. The first-order valence-electron chi connectivity index (χ1n) is 13.1. The third kappa shape index (κ3) is 6.95. The third-order valence-corrected chi connectivity index (χ3v) is 6.80. The summed E-state index contributed by atoms with van der Waals surface area (Å²) in [6, 6.07) is 13.1. The number of methoxy groups -OCH3 is 1. The molecule has 208 valence electrons. The molecule has 0 radical (unpaired) electrons. The summed E-state index contributed by atoms with van der Waals surface area (Å²) in [5.74, 6) is 1.94. The van der Waals surface area contributed by atoms with E-state index in [0.29, 0.717) is 41.5 Å². The van der Waals surface area contributed by atoms with Gasteiger partial charge < -0.3 is 24.8 Å². The van der Waals surface area contributed by atoms with E-state index in [4.69, 9.17) is 25.8 Å². The maximum absolute atomic E-state index is 6.51. The van der Waals surface area contributed by atoms with Crippen molar-refractivity contribution in [2.24, 2.45) is 0 Å². The Hall–Kier alpha value is -3.99. The number of aromatic nitrogens is 4. The van der Waals surface area contributed by atoms with Crippen molar-refractivity contribution in [1.29, 1.82) is 0 Å². The molecule has 3 heterocycles. The fourth-order valence-electron chi connectivity index (χ4n) is 4.34. The van der Waals surface area contributed by atoms with Gasteiger partial charge >= 0.3 is 0 Å². The zero-order valence-corrected chi connectivity index (χ0v) is 23.1. The molecule has 1 aliphatic heterocycles. The number of hydrogen-bond donors (Lipinski definition) is 2. The van der Waals surface area contributed by atoms with Crippen molar-refractivity contribution in [1.82, 2.24) is 25.1 Å². The fourth-order valence-corrected chi connectivity index (χ4v) is 4.58. The van der Waals surface area contributed by atoms with E-state index in [-0.39, 0.29) is 6.61 Å². The first-order chi connectivity index (χ1) is 19.6. The van der Waals surface area contributed by atoms with Gasteiger partial charge in [0.2, 0.25) is 0 Å². The number of hydrogen-bond acceptors (Lipinski definition) is 10. The van der Waals surface area contributed by atoms with Crippen LogP contribution in [0.3, 0.4) is 0 Å². The van der Waals surface area contributed by atoms with E-state index >= 15 is 0 Å². The summed E-state index contributed by atoms with van der Waals surface area (Å²) >= 11 is 6.51. The highest BCUT2D eigenvalue weighted by Gasteiger charge is 2.25. The van der Waals surface area contributed by atoms with E-state index in [1.165, 1.54) is 6.33 Å². The molecule has 2 aromatic heterocycles. The highest BCUT2D eigenvalue weighted by Crippen LogP contribution is 2.35. The Labute approximate surface area is 238 Å². The van der Waals surface area contributed by atoms with E-state index < -0.39 is 0 Å². The predicted molar refractivity (Wildman–Crippen MR) is 157 cm³/mol. The van der Waals surface area contributed by atoms with Gasteiger partial charge in [-0.1, -0.05) is 17.7 Å². The van der Waals surface area contributed by atoms with Gasteiger partial charge in [-0.3, -0.25) is 4.90 Å². The van der Waals surface area contributed by atoms with E-state index in [2.05, 4.69) is 42.3 Å². The van der Waals surface area contributed by atoms with Gasteiger partial charge in [0.05, 0.1) is 28.9 Å². The molecule has 40 heavy (non-hydrogen) atoms. The SMILES string of the molecule is C=CCNc1cc2c(Nc3ccc(OCc4cccnn4)c(Cl)c3)ncnc2cc1OCCCN1CC(OC)C1. The average Bonchev–Trinajstić information content (AvgIpc) is 2.95. The van der Waals surface area contributed by atoms with Crippen LogP contribution in [-0.2, 0) is 11.3 Å². The van der Waals surface area contributed by atoms with Crippen LogP contribution in [-0.4, -0.2) is 71.1 Å². The van der Waals surface area contributed by atoms with Crippen molar-refractivity contribution >= 4 is 39.7 Å². The van der Waals surface area contributed by atoms with Crippen molar-refractivity contribution in [3.63, 3.8) is 0 Å². The lowest BCUT2D eigenvalue weighted by molar-refractivity contribution is -0.0305. The smallest absolute Gasteiger partial charge is 0.144 e. The van der Waals surface area contributed by atoms with Crippen molar-refractivity contribution in [3.05, 3.63) is 78.4 Å². The minimum atomic E-state index is 0.272. The number of fused-ring (bicyclic) bond motifs is 1. The predicted octanol–water partition coefficient (Wildman–Crippen LogP) is 5.09. The minimum Gasteiger partial charge on any atom is -0.491 e. The number of benzene rings is 2. The van der Waals surface area contributed by atoms with Gasteiger partial charge in [0.15, 0.2) is 0 Å². The molecule has 2 aromatic carbocycles. The van der Waals surface area contributed by atoms with Crippen LogP contribution in [0.1, 0.15) is 12.1 Å². The zero-order valence-electron chi connectivity index (χ0n) is 22.3. The molecular weight excluding hydrogens is 530 g/mol. The number of likely N-dealkylation sites (tertiary alicyclic amines) is 1. The molecule has 2 N–H and O–H groups in total. The largest absolute Gasteiger partial charge is 0.491 e. The molecule has 0 amide bonds. The van der Waals surface area contributed by atoms with Crippen molar-refractivity contribution in [3.8, 4) is 11.5 Å². The number of halogens is 1. The quantitative estimate of drug-likeness (QED) is 0.160. The Morgan fingerprint density at radius 2 is 2.02 bits per heavy atom. The van der Waals surface area contributed by atoms with Gasteiger partial charge in [-0.25, -0.2) is 9.97 Å². The minimum absolute atomic E-state index is 0.272. The highest BCUT2D eigenvalue weighted by molar-refractivity contribution is 6.32. The van der Waals surface area contributed by atoms with Crippen LogP contribution < -0.4 is 20.1 Å². The number of anilines is 3. The first-order valence-corrected chi connectivity index (χ1v) is 13.5. The van der Waals surface area contributed by atoms with Gasteiger partial charge in [0.25, 0.3) is 0 Å². The second-order valence-electron chi connectivity index (χ2n) is 9.35. The van der Waals surface area contributed by atoms with E-state index in [1.54, 1.807) is 25.4 Å². The summed E-state index contributed by atoms with van der Waals surface area (Å²) in [7, 11) is 1.76. The molecule has 5 rings (SSSR count). The Kier molecular flexibility index (Phi) is 9.22. The Morgan fingerprint density at radius 3 is 2.80 bits per heavy atom. The molecular formula is C29H32ClN7O3. The monoisotopic (exact) mass is 561 g/mol. The second kappa shape index (κ2) is 13.4. The van der Waals surface area contributed by atoms with Gasteiger partial charge in [-0.05, 0) is 42.8 Å². The number of nitrogens with zero attached hydrogens (tertiary/aromatic N) is 5. The standard InChI is InChI=1S/C29H32ClN7O3/c1-3-9-31-26-14-23-25(15-28(26)39-12-5-11-37-16-22(17-37)38-2)32-19-33-29(23)35-20-7-8-27(24(30)13-20)40-18-21-6-4-10-34-36-21/h3-4,6-8,10,13-15,19,22,31H,1,5,9,11-12,16-18H2,2H3,(H,32,33,35). The molecule has 0 aliphatic carbocycles. The molecule has 0 atom stereocenters. The number of rotatable bonds is 14. The Bertz CT molecular complexity index is 1430. The van der Waals surface area contributed by atoms with E-state index in [0.717, 1.165) is 54.1 Å². The van der Waals surface area contributed by atoms with Gasteiger partial charge in [0.1, 0.15) is 35.9 Å². The van der Waals surface area contributed by atoms with E-state index in [1.807, 2.05) is 36.4 Å². The van der Waals surface area contributed by atoms with Crippen LogP contribution in [0, 0.1) is 0 Å². The van der Waals surface area contributed by atoms with Crippen LogP contribution >= 0.6 is 11.6 Å². The van der Waals surface area contributed by atoms with Crippen LogP contribution in [0.4, 0.5) is 17.2 Å². The lowest BCUT2D eigenvalue weighted by Gasteiger charge is -2.38. The normalized spacial score (nSPS) is 13.6. The zero-order chi connectivity index (χ0) is 27.7. The molecule has 0 unspecified atom stereocenters. The number of ether oxygens (including phenoxy) is 3. The Balaban J connectivity index is 1.27. The van der Waals surface area contributed by atoms with Crippen molar-refractivity contribution in [2.45, 2.75) is 19.1 Å². The van der Waals surface area contributed by atoms with Gasteiger partial charge in [0, 0.05) is 56.6 Å². The average molecular weight is 562 g/mol. The fraction of sp³-hybridized carbons (Fsp3) is 0.310. The van der Waals surface area contributed by atoms with Crippen LogP contribution in [0.15, 0.2) is 67.6 Å². The summed E-state index contributed by atoms with van der Waals surface area (Å²) in [6.45, 7) is 8.23. The third-order valence-electron chi connectivity index (χ3n) is 6.50. The summed E-state index contributed by atoms with van der Waals surface area (Å²) in [5, 5.41) is 15.9. The molecule has 0 spiro atoms. The first kappa shape index (κ1) is 27.6. The molecule has 11 heteroatoms. The molecule has 1 saturated heterocycles. The number of nitrogens with one attached hydrogen (secondary N) is 2. The summed E-state index contributed by atoms with van der Waals surface area (Å²) in [6.07, 6.45) is 6.23. The van der Waals surface area contributed by atoms with Crippen LogP contribution in [0.25, 0.3) is 10.9 Å². The van der Waals surface area contributed by atoms with E-state index in [9.17, 15) is 0 Å². The summed E-state index contributed by atoms with van der Waals surface area (Å²) in [5.41, 5.74) is 3.09.